The maximum Gasteiger partial charge on any atom is 0.355 e. The van der Waals surface area contributed by atoms with E-state index in [1.54, 1.807) is 0 Å². The molecule has 0 aromatic carbocycles. The summed E-state index contributed by atoms with van der Waals surface area (Å²) >= 11 is 0. The lowest BCUT2D eigenvalue weighted by molar-refractivity contribution is 0.156. The maximum atomic E-state index is 6.39. The second-order valence-corrected chi connectivity index (χ2v) is 7.32. The van der Waals surface area contributed by atoms with E-state index in [0.717, 1.165) is 12.8 Å². The average Bonchev–Trinajstić information content (AvgIpc) is 2.18. The fourth-order valence-electron chi connectivity index (χ4n) is 1.86. The van der Waals surface area contributed by atoms with Gasteiger partial charge in [-0.05, 0) is 39.8 Å². The second-order valence-electron chi connectivity index (χ2n) is 3.86. The molecule has 0 bridgehead atoms. The largest absolute Gasteiger partial charge is 0.394 e. The summed E-state index contributed by atoms with van der Waals surface area (Å²) in [5.41, 5.74) is 12.0. The molecular formula is C10H26N2O2Si. The molecule has 0 rings (SSSR count). The van der Waals surface area contributed by atoms with Gasteiger partial charge in [0, 0.05) is 13.2 Å². The normalized spacial score (nSPS) is 16.4. The smallest absolute Gasteiger partial charge is 0.355 e. The van der Waals surface area contributed by atoms with Crippen LogP contribution in [0.5, 0.6) is 0 Å². The van der Waals surface area contributed by atoms with Gasteiger partial charge < -0.3 is 20.3 Å². The first-order chi connectivity index (χ1) is 6.99. The molecule has 0 saturated carbocycles. The Morgan fingerprint density at radius 2 is 1.60 bits per heavy atom. The monoisotopic (exact) mass is 234 g/mol. The Morgan fingerprint density at radius 1 is 1.13 bits per heavy atom. The van der Waals surface area contributed by atoms with E-state index in [-0.39, 0.29) is 5.16 Å². The van der Waals surface area contributed by atoms with Crippen molar-refractivity contribution in [2.45, 2.75) is 45.3 Å². The van der Waals surface area contributed by atoms with Crippen LogP contribution < -0.4 is 11.5 Å². The van der Waals surface area contributed by atoms with Crippen molar-refractivity contribution in [1.29, 1.82) is 0 Å². The minimum absolute atomic E-state index is 0.381. The highest BCUT2D eigenvalue weighted by atomic mass is 28.4. The van der Waals surface area contributed by atoms with Gasteiger partial charge in [-0.2, -0.15) is 0 Å². The van der Waals surface area contributed by atoms with Crippen LogP contribution in [0.25, 0.3) is 0 Å². The summed E-state index contributed by atoms with van der Waals surface area (Å²) in [7, 11) is -2.33. The number of hydrogen-bond donors (Lipinski definition) is 2. The summed E-state index contributed by atoms with van der Waals surface area (Å²) in [5.74, 6) is 0. The van der Waals surface area contributed by atoms with E-state index in [1.807, 2.05) is 20.4 Å². The quantitative estimate of drug-likeness (QED) is 0.618. The molecule has 92 valence electrons. The van der Waals surface area contributed by atoms with E-state index < -0.39 is 8.56 Å². The predicted octanol–water partition coefficient (Wildman–Crippen LogP) is 1.13. The average molecular weight is 234 g/mol. The van der Waals surface area contributed by atoms with Crippen LogP contribution in [0.3, 0.4) is 0 Å². The summed E-state index contributed by atoms with van der Waals surface area (Å²) in [6, 6.07) is 0. The Kier molecular flexibility index (Phi) is 6.62. The van der Waals surface area contributed by atoms with Gasteiger partial charge in [-0.25, -0.2) is 0 Å². The van der Waals surface area contributed by atoms with Crippen LogP contribution in [0.1, 0.15) is 33.6 Å². The molecule has 0 aromatic rings. The van der Waals surface area contributed by atoms with E-state index in [9.17, 15) is 0 Å². The van der Waals surface area contributed by atoms with Crippen molar-refractivity contribution in [3.63, 3.8) is 0 Å². The molecule has 1 atom stereocenters. The first-order valence-electron chi connectivity index (χ1n) is 5.76. The van der Waals surface area contributed by atoms with E-state index in [0.29, 0.717) is 19.8 Å². The van der Waals surface area contributed by atoms with Crippen LogP contribution in [0, 0.1) is 0 Å². The third-order valence-electron chi connectivity index (χ3n) is 2.97. The minimum Gasteiger partial charge on any atom is -0.394 e. The third-order valence-corrected chi connectivity index (χ3v) is 7.06. The van der Waals surface area contributed by atoms with Gasteiger partial charge in [0.2, 0.25) is 0 Å². The fraction of sp³-hybridized carbons (Fsp3) is 1.00. The standard InChI is InChI=1S/C10H26N2O2Si/c1-5-10(12,8-9-11)15(4,13-6-2)14-7-3/h5-9,11-12H2,1-4H3. The zero-order valence-electron chi connectivity index (χ0n) is 10.5. The van der Waals surface area contributed by atoms with Gasteiger partial charge in [0.15, 0.2) is 0 Å². The van der Waals surface area contributed by atoms with Gasteiger partial charge >= 0.3 is 8.56 Å². The highest BCUT2D eigenvalue weighted by Gasteiger charge is 2.49. The molecule has 0 aromatic heterocycles. The van der Waals surface area contributed by atoms with Crippen molar-refractivity contribution >= 4 is 8.56 Å². The first kappa shape index (κ1) is 15.1. The SMILES string of the molecule is CCO[Si](C)(OCC)C(N)(CC)CCN. The zero-order valence-corrected chi connectivity index (χ0v) is 11.5. The predicted molar refractivity (Wildman–Crippen MR) is 65.8 cm³/mol. The van der Waals surface area contributed by atoms with Crippen molar-refractivity contribution in [2.24, 2.45) is 11.5 Å². The Hall–Kier alpha value is 0.0569. The Balaban J connectivity index is 4.81. The first-order valence-corrected chi connectivity index (χ1v) is 8.08. The van der Waals surface area contributed by atoms with Gasteiger partial charge in [0.05, 0.1) is 5.16 Å². The molecule has 0 heterocycles. The third kappa shape index (κ3) is 3.53. The van der Waals surface area contributed by atoms with Crippen molar-refractivity contribution in [1.82, 2.24) is 0 Å². The van der Waals surface area contributed by atoms with Gasteiger partial charge in [0.25, 0.3) is 0 Å². The topological polar surface area (TPSA) is 70.5 Å². The summed E-state index contributed by atoms with van der Waals surface area (Å²) in [5, 5.41) is -0.381. The second kappa shape index (κ2) is 6.60. The highest BCUT2D eigenvalue weighted by molar-refractivity contribution is 6.69. The van der Waals surface area contributed by atoms with Crippen LogP contribution in [-0.2, 0) is 8.85 Å². The maximum absolute atomic E-state index is 6.39. The number of hydrogen-bond acceptors (Lipinski definition) is 4. The molecule has 0 fully saturated rings. The Bertz CT molecular complexity index is 175. The molecule has 0 aliphatic heterocycles. The number of nitrogens with two attached hydrogens (primary N) is 2. The molecule has 0 radical (unpaired) electrons. The van der Waals surface area contributed by atoms with Gasteiger partial charge in [0.1, 0.15) is 0 Å². The molecular weight excluding hydrogens is 208 g/mol. The van der Waals surface area contributed by atoms with Crippen molar-refractivity contribution < 1.29 is 8.85 Å². The lowest BCUT2D eigenvalue weighted by Gasteiger charge is -2.42. The molecule has 0 saturated heterocycles. The molecule has 5 heteroatoms. The molecule has 0 spiro atoms. The van der Waals surface area contributed by atoms with Crippen LogP contribution >= 0.6 is 0 Å². The minimum atomic E-state index is -2.33. The Morgan fingerprint density at radius 3 is 1.87 bits per heavy atom. The summed E-state index contributed by atoms with van der Waals surface area (Å²) in [6.07, 6.45) is 1.60. The molecule has 4 N–H and O–H groups in total. The molecule has 1 unspecified atom stereocenters. The number of rotatable bonds is 8. The van der Waals surface area contributed by atoms with Gasteiger partial charge in [-0.15, -0.1) is 0 Å². The van der Waals surface area contributed by atoms with Crippen molar-refractivity contribution in [3.8, 4) is 0 Å². The lowest BCUT2D eigenvalue weighted by atomic mass is 10.1. The van der Waals surface area contributed by atoms with E-state index in [1.165, 1.54) is 0 Å². The zero-order chi connectivity index (χ0) is 11.9. The summed E-state index contributed by atoms with van der Waals surface area (Å²) in [6.45, 7) is 9.93. The van der Waals surface area contributed by atoms with Gasteiger partial charge in [-0.1, -0.05) is 6.92 Å². The Labute approximate surface area is 94.6 Å². The summed E-state index contributed by atoms with van der Waals surface area (Å²) < 4.78 is 11.6. The lowest BCUT2D eigenvalue weighted by Crippen LogP contribution is -2.66. The van der Waals surface area contributed by atoms with E-state index in [2.05, 4.69) is 6.92 Å². The van der Waals surface area contributed by atoms with E-state index >= 15 is 0 Å². The fourth-order valence-corrected chi connectivity index (χ4v) is 4.86. The molecule has 4 nitrogen and oxygen atoms in total. The molecule has 0 aliphatic carbocycles. The van der Waals surface area contributed by atoms with Crippen LogP contribution in [-0.4, -0.2) is 33.5 Å². The van der Waals surface area contributed by atoms with Crippen LogP contribution in [0.15, 0.2) is 0 Å². The van der Waals surface area contributed by atoms with Crippen molar-refractivity contribution in [3.05, 3.63) is 0 Å². The molecule has 15 heavy (non-hydrogen) atoms. The van der Waals surface area contributed by atoms with Crippen LogP contribution in [0.4, 0.5) is 0 Å². The summed E-state index contributed by atoms with van der Waals surface area (Å²) in [4.78, 5) is 0. The highest BCUT2D eigenvalue weighted by Crippen LogP contribution is 2.27. The molecule has 0 amide bonds. The van der Waals surface area contributed by atoms with Crippen LogP contribution in [0.2, 0.25) is 6.55 Å². The van der Waals surface area contributed by atoms with E-state index in [4.69, 9.17) is 20.3 Å². The van der Waals surface area contributed by atoms with Gasteiger partial charge in [-0.3, -0.25) is 0 Å². The molecule has 0 aliphatic rings. The van der Waals surface area contributed by atoms with Crippen molar-refractivity contribution in [2.75, 3.05) is 19.8 Å².